The predicted octanol–water partition coefficient (Wildman–Crippen LogP) is 7.43. The Hall–Kier alpha value is -4.52. The van der Waals surface area contributed by atoms with Gasteiger partial charge in [0.15, 0.2) is 0 Å². The lowest BCUT2D eigenvalue weighted by Crippen LogP contribution is -2.23. The van der Waals surface area contributed by atoms with Gasteiger partial charge in [0.05, 0.1) is 0 Å². The zero-order valence-corrected chi connectivity index (χ0v) is 25.2. The van der Waals surface area contributed by atoms with E-state index in [1.165, 1.54) is 48.2 Å². The smallest absolute Gasteiger partial charge is 0.120 e. The molecule has 3 heterocycles. The highest BCUT2D eigenvalue weighted by molar-refractivity contribution is 5.31. The number of likely N-dealkylation sites (tertiary alicyclic amines) is 1. The third kappa shape index (κ3) is 8.99. The zero-order chi connectivity index (χ0) is 29.8. The van der Waals surface area contributed by atoms with Gasteiger partial charge < -0.3 is 9.47 Å². The van der Waals surface area contributed by atoms with E-state index < -0.39 is 0 Å². The Morgan fingerprint density at radius 3 is 1.55 bits per heavy atom. The SMILES string of the molecule is c1cncc(COc2cccc(CN(Cc3cccc(CN4CCCC4)c3)Cc3cccc(OCc4cccnc4)c3)c2)c1. The van der Waals surface area contributed by atoms with E-state index in [2.05, 4.69) is 80.4 Å². The van der Waals surface area contributed by atoms with Gasteiger partial charge in [-0.15, -0.1) is 0 Å². The molecule has 6 heteroatoms. The van der Waals surface area contributed by atoms with E-state index in [0.29, 0.717) is 13.2 Å². The first-order valence-electron chi connectivity index (χ1n) is 15.5. The van der Waals surface area contributed by atoms with Crippen LogP contribution < -0.4 is 9.47 Å². The largest absolute Gasteiger partial charge is 0.489 e. The fourth-order valence-electron chi connectivity index (χ4n) is 5.74. The van der Waals surface area contributed by atoms with E-state index in [-0.39, 0.29) is 0 Å². The second-order valence-corrected chi connectivity index (χ2v) is 11.5. The van der Waals surface area contributed by atoms with Gasteiger partial charge in [0, 0.05) is 62.1 Å². The molecular formula is C38H40N4O2. The lowest BCUT2D eigenvalue weighted by Gasteiger charge is -2.24. The molecule has 0 amide bonds. The van der Waals surface area contributed by atoms with Crippen LogP contribution in [0.25, 0.3) is 0 Å². The van der Waals surface area contributed by atoms with Gasteiger partial charge in [-0.05, 0) is 84.6 Å². The summed E-state index contributed by atoms with van der Waals surface area (Å²) in [7, 11) is 0. The van der Waals surface area contributed by atoms with Crippen molar-refractivity contribution in [1.29, 1.82) is 0 Å². The Labute approximate surface area is 260 Å². The average molecular weight is 585 g/mol. The summed E-state index contributed by atoms with van der Waals surface area (Å²) in [5, 5.41) is 0. The minimum absolute atomic E-state index is 0.497. The van der Waals surface area contributed by atoms with Gasteiger partial charge in [-0.25, -0.2) is 0 Å². The summed E-state index contributed by atoms with van der Waals surface area (Å²) in [4.78, 5) is 13.5. The maximum absolute atomic E-state index is 6.12. The highest BCUT2D eigenvalue weighted by Crippen LogP contribution is 2.22. The van der Waals surface area contributed by atoms with Gasteiger partial charge in [0.25, 0.3) is 0 Å². The van der Waals surface area contributed by atoms with Gasteiger partial charge in [-0.2, -0.15) is 0 Å². The number of ether oxygens (including phenoxy) is 2. The van der Waals surface area contributed by atoms with Crippen LogP contribution in [0, 0.1) is 0 Å². The fraction of sp³-hybridized carbons (Fsp3) is 0.263. The number of benzene rings is 3. The van der Waals surface area contributed by atoms with E-state index in [1.807, 2.05) is 48.8 Å². The first-order chi connectivity index (χ1) is 21.7. The van der Waals surface area contributed by atoms with E-state index in [1.54, 1.807) is 12.4 Å². The summed E-state index contributed by atoms with van der Waals surface area (Å²) < 4.78 is 12.2. The topological polar surface area (TPSA) is 50.7 Å². The van der Waals surface area contributed by atoms with E-state index in [4.69, 9.17) is 9.47 Å². The summed E-state index contributed by atoms with van der Waals surface area (Å²) in [5.41, 5.74) is 7.25. The number of rotatable bonds is 14. The lowest BCUT2D eigenvalue weighted by atomic mass is 10.1. The van der Waals surface area contributed by atoms with Crippen LogP contribution in [0.5, 0.6) is 11.5 Å². The van der Waals surface area contributed by atoms with Crippen molar-refractivity contribution in [3.63, 3.8) is 0 Å². The van der Waals surface area contributed by atoms with Crippen molar-refractivity contribution in [3.05, 3.63) is 155 Å². The second-order valence-electron chi connectivity index (χ2n) is 11.5. The van der Waals surface area contributed by atoms with Crippen LogP contribution >= 0.6 is 0 Å². The quantitative estimate of drug-likeness (QED) is 0.135. The fourth-order valence-corrected chi connectivity index (χ4v) is 5.74. The molecule has 0 atom stereocenters. The second kappa shape index (κ2) is 15.3. The molecule has 0 spiro atoms. The Kier molecular flexibility index (Phi) is 10.3. The molecule has 6 rings (SSSR count). The molecule has 44 heavy (non-hydrogen) atoms. The predicted molar refractivity (Wildman–Crippen MR) is 174 cm³/mol. The summed E-state index contributed by atoms with van der Waals surface area (Å²) in [5.74, 6) is 1.73. The molecule has 1 saturated heterocycles. The van der Waals surface area contributed by atoms with Crippen molar-refractivity contribution in [2.75, 3.05) is 13.1 Å². The van der Waals surface area contributed by atoms with Crippen LogP contribution in [0.3, 0.4) is 0 Å². The average Bonchev–Trinajstić information content (AvgIpc) is 3.57. The molecule has 224 valence electrons. The molecule has 6 nitrogen and oxygen atoms in total. The first kappa shape index (κ1) is 29.5. The van der Waals surface area contributed by atoms with E-state index >= 15 is 0 Å². The number of nitrogens with zero attached hydrogens (tertiary/aromatic N) is 4. The molecule has 5 aromatic rings. The lowest BCUT2D eigenvalue weighted by molar-refractivity contribution is 0.245. The van der Waals surface area contributed by atoms with Gasteiger partial charge in [0.2, 0.25) is 0 Å². The standard InChI is InChI=1S/C38H40N4O2/c1-2-19-41(18-1)25-31-8-3-9-32(20-31)26-42(27-33-10-4-14-37(21-33)43-29-35-12-6-16-39-23-35)28-34-11-5-15-38(22-34)44-30-36-13-7-17-40-24-36/h3-17,20-24H,1-2,18-19,25-30H2. The number of pyridine rings is 2. The number of aromatic nitrogens is 2. The van der Waals surface area contributed by atoms with Crippen LogP contribution in [-0.2, 0) is 39.4 Å². The highest BCUT2D eigenvalue weighted by atomic mass is 16.5. The molecule has 0 radical (unpaired) electrons. The molecule has 1 aliphatic heterocycles. The minimum atomic E-state index is 0.497. The van der Waals surface area contributed by atoms with Crippen LogP contribution in [0.4, 0.5) is 0 Å². The van der Waals surface area contributed by atoms with Gasteiger partial charge in [0.1, 0.15) is 24.7 Å². The van der Waals surface area contributed by atoms with Gasteiger partial charge in [-0.1, -0.05) is 60.7 Å². The Bertz CT molecular complexity index is 1500. The Balaban J connectivity index is 1.17. The molecule has 0 aliphatic carbocycles. The molecule has 1 aliphatic rings. The molecule has 0 saturated carbocycles. The maximum Gasteiger partial charge on any atom is 0.120 e. The van der Waals surface area contributed by atoms with Crippen LogP contribution in [0.15, 0.2) is 122 Å². The molecule has 2 aromatic heterocycles. The Morgan fingerprint density at radius 2 is 1.02 bits per heavy atom. The summed E-state index contributed by atoms with van der Waals surface area (Å²) in [6.45, 7) is 6.86. The zero-order valence-electron chi connectivity index (χ0n) is 25.2. The Morgan fingerprint density at radius 1 is 0.545 bits per heavy atom. The third-order valence-corrected chi connectivity index (χ3v) is 7.87. The van der Waals surface area contributed by atoms with E-state index in [9.17, 15) is 0 Å². The van der Waals surface area contributed by atoms with Crippen LogP contribution in [0.2, 0.25) is 0 Å². The number of hydrogen-bond acceptors (Lipinski definition) is 6. The molecule has 0 N–H and O–H groups in total. The molecule has 1 fully saturated rings. The molecule has 0 unspecified atom stereocenters. The van der Waals surface area contributed by atoms with Crippen molar-refractivity contribution < 1.29 is 9.47 Å². The molecule has 0 bridgehead atoms. The normalized spacial score (nSPS) is 13.3. The van der Waals surface area contributed by atoms with Crippen molar-refractivity contribution in [2.45, 2.75) is 52.2 Å². The highest BCUT2D eigenvalue weighted by Gasteiger charge is 2.14. The van der Waals surface area contributed by atoms with Crippen molar-refractivity contribution >= 4 is 0 Å². The number of hydrogen-bond donors (Lipinski definition) is 0. The van der Waals surface area contributed by atoms with Gasteiger partial charge >= 0.3 is 0 Å². The molecular weight excluding hydrogens is 544 g/mol. The monoisotopic (exact) mass is 584 g/mol. The van der Waals surface area contributed by atoms with E-state index in [0.717, 1.165) is 48.8 Å². The summed E-state index contributed by atoms with van der Waals surface area (Å²) in [6, 6.07) is 33.9. The van der Waals surface area contributed by atoms with Gasteiger partial charge in [-0.3, -0.25) is 19.8 Å². The van der Waals surface area contributed by atoms with Crippen molar-refractivity contribution in [1.82, 2.24) is 19.8 Å². The maximum atomic E-state index is 6.12. The first-order valence-corrected chi connectivity index (χ1v) is 15.5. The molecule has 3 aromatic carbocycles. The van der Waals surface area contributed by atoms with Crippen molar-refractivity contribution in [3.8, 4) is 11.5 Å². The van der Waals surface area contributed by atoms with Crippen LogP contribution in [0.1, 0.15) is 46.2 Å². The minimum Gasteiger partial charge on any atom is -0.489 e. The third-order valence-electron chi connectivity index (χ3n) is 7.87. The summed E-state index contributed by atoms with van der Waals surface area (Å²) >= 11 is 0. The van der Waals surface area contributed by atoms with Crippen molar-refractivity contribution in [2.24, 2.45) is 0 Å². The van der Waals surface area contributed by atoms with Crippen LogP contribution in [-0.4, -0.2) is 32.9 Å². The summed E-state index contributed by atoms with van der Waals surface area (Å²) in [6.07, 6.45) is 9.87.